The molecule has 0 aliphatic rings. The highest BCUT2D eigenvalue weighted by atomic mass is 16.2. The van der Waals surface area contributed by atoms with E-state index in [0.29, 0.717) is 5.69 Å². The maximum Gasteiger partial charge on any atom is 0.313 e. The number of hydrogen-bond donors (Lipinski definition) is 2. The molecule has 0 heterocycles. The van der Waals surface area contributed by atoms with E-state index in [1.807, 2.05) is 39.0 Å². The lowest BCUT2D eigenvalue weighted by Crippen LogP contribution is -2.40. The van der Waals surface area contributed by atoms with Gasteiger partial charge < -0.3 is 10.6 Å². The van der Waals surface area contributed by atoms with Crippen LogP contribution in [-0.2, 0) is 9.59 Å². The second-order valence-corrected chi connectivity index (χ2v) is 4.11. The minimum absolute atomic E-state index is 0.00533. The van der Waals surface area contributed by atoms with Gasteiger partial charge in [-0.1, -0.05) is 19.1 Å². The summed E-state index contributed by atoms with van der Waals surface area (Å²) >= 11 is 0. The average molecular weight is 234 g/mol. The molecule has 0 aromatic heterocycles. The van der Waals surface area contributed by atoms with Crippen LogP contribution >= 0.6 is 0 Å². The van der Waals surface area contributed by atoms with E-state index in [1.54, 1.807) is 6.07 Å². The molecule has 0 saturated heterocycles. The van der Waals surface area contributed by atoms with Crippen LogP contribution in [0, 0.1) is 6.92 Å². The number of amides is 2. The molecule has 1 aromatic carbocycles. The van der Waals surface area contributed by atoms with Crippen molar-refractivity contribution in [3.05, 3.63) is 29.8 Å². The molecule has 4 nitrogen and oxygen atoms in total. The van der Waals surface area contributed by atoms with Crippen molar-refractivity contribution in [3.63, 3.8) is 0 Å². The molecule has 0 fully saturated rings. The Labute approximate surface area is 101 Å². The molecule has 2 N–H and O–H groups in total. The summed E-state index contributed by atoms with van der Waals surface area (Å²) < 4.78 is 0. The summed E-state index contributed by atoms with van der Waals surface area (Å²) in [4.78, 5) is 23.0. The topological polar surface area (TPSA) is 58.2 Å². The molecule has 4 heteroatoms. The molecule has 92 valence electrons. The number of rotatable bonds is 3. The van der Waals surface area contributed by atoms with Gasteiger partial charge in [0.25, 0.3) is 0 Å². The standard InChI is InChI=1S/C13H18N2O2/c1-4-10(3)14-12(16)13(17)15-11-7-5-6-9(2)8-11/h5-8,10H,4H2,1-3H3,(H,14,16)(H,15,17). The lowest BCUT2D eigenvalue weighted by molar-refractivity contribution is -0.136. The minimum atomic E-state index is -0.629. The van der Waals surface area contributed by atoms with Crippen LogP contribution in [0.15, 0.2) is 24.3 Å². The molecule has 0 aliphatic heterocycles. The number of nitrogens with one attached hydrogen (secondary N) is 2. The van der Waals surface area contributed by atoms with E-state index in [2.05, 4.69) is 10.6 Å². The van der Waals surface area contributed by atoms with E-state index in [1.165, 1.54) is 0 Å². The van der Waals surface area contributed by atoms with Gasteiger partial charge in [-0.05, 0) is 38.0 Å². The Balaban J connectivity index is 2.57. The van der Waals surface area contributed by atoms with Gasteiger partial charge in [0.15, 0.2) is 0 Å². The summed E-state index contributed by atoms with van der Waals surface area (Å²) in [7, 11) is 0. The zero-order chi connectivity index (χ0) is 12.8. The van der Waals surface area contributed by atoms with Gasteiger partial charge in [-0.25, -0.2) is 0 Å². The average Bonchev–Trinajstić information content (AvgIpc) is 2.28. The fourth-order valence-electron chi connectivity index (χ4n) is 1.30. The first kappa shape index (κ1) is 13.2. The Morgan fingerprint density at radius 2 is 2.00 bits per heavy atom. The predicted molar refractivity (Wildman–Crippen MR) is 67.7 cm³/mol. The number of carbonyl (C=O) groups excluding carboxylic acids is 2. The Morgan fingerprint density at radius 3 is 2.59 bits per heavy atom. The smallest absolute Gasteiger partial charge is 0.313 e. The van der Waals surface area contributed by atoms with Crippen LogP contribution in [0.25, 0.3) is 0 Å². The van der Waals surface area contributed by atoms with E-state index >= 15 is 0 Å². The maximum absolute atomic E-state index is 11.6. The van der Waals surface area contributed by atoms with Crippen molar-refractivity contribution in [2.45, 2.75) is 33.2 Å². The van der Waals surface area contributed by atoms with Crippen molar-refractivity contribution in [1.82, 2.24) is 5.32 Å². The zero-order valence-corrected chi connectivity index (χ0v) is 10.4. The summed E-state index contributed by atoms with van der Waals surface area (Å²) in [6, 6.07) is 7.33. The third kappa shape index (κ3) is 4.26. The van der Waals surface area contributed by atoms with Crippen molar-refractivity contribution >= 4 is 17.5 Å². The first-order valence-corrected chi connectivity index (χ1v) is 5.71. The molecule has 1 unspecified atom stereocenters. The van der Waals surface area contributed by atoms with Crippen LogP contribution in [0.1, 0.15) is 25.8 Å². The van der Waals surface area contributed by atoms with Crippen LogP contribution in [-0.4, -0.2) is 17.9 Å². The van der Waals surface area contributed by atoms with Gasteiger partial charge in [-0.15, -0.1) is 0 Å². The molecule has 0 bridgehead atoms. The molecular formula is C13H18N2O2. The Bertz CT molecular complexity index is 416. The largest absolute Gasteiger partial charge is 0.345 e. The van der Waals surface area contributed by atoms with Gasteiger partial charge in [0.05, 0.1) is 0 Å². The van der Waals surface area contributed by atoms with Crippen molar-refractivity contribution < 1.29 is 9.59 Å². The highest BCUT2D eigenvalue weighted by Crippen LogP contribution is 2.09. The van der Waals surface area contributed by atoms with E-state index in [4.69, 9.17) is 0 Å². The Hall–Kier alpha value is -1.84. The van der Waals surface area contributed by atoms with Gasteiger partial charge in [-0.3, -0.25) is 9.59 Å². The van der Waals surface area contributed by atoms with Gasteiger partial charge >= 0.3 is 11.8 Å². The normalized spacial score (nSPS) is 11.7. The van der Waals surface area contributed by atoms with Crippen LogP contribution < -0.4 is 10.6 Å². The van der Waals surface area contributed by atoms with Gasteiger partial charge in [0, 0.05) is 11.7 Å². The molecule has 1 rings (SSSR count). The number of aryl methyl sites for hydroxylation is 1. The number of carbonyl (C=O) groups is 2. The lowest BCUT2D eigenvalue weighted by Gasteiger charge is -2.11. The second kappa shape index (κ2) is 6.03. The molecule has 2 amide bonds. The summed E-state index contributed by atoms with van der Waals surface area (Å²) in [5.74, 6) is -1.23. The lowest BCUT2D eigenvalue weighted by atomic mass is 10.2. The van der Waals surface area contributed by atoms with E-state index in [9.17, 15) is 9.59 Å². The molecule has 0 radical (unpaired) electrons. The fourth-order valence-corrected chi connectivity index (χ4v) is 1.30. The van der Waals surface area contributed by atoms with E-state index in [0.717, 1.165) is 12.0 Å². The minimum Gasteiger partial charge on any atom is -0.345 e. The predicted octanol–water partition coefficient (Wildman–Crippen LogP) is 1.85. The number of benzene rings is 1. The first-order chi connectivity index (χ1) is 8.02. The SMILES string of the molecule is CCC(C)NC(=O)C(=O)Nc1cccc(C)c1. The summed E-state index contributed by atoms with van der Waals surface area (Å²) in [5, 5.41) is 5.17. The monoisotopic (exact) mass is 234 g/mol. The summed E-state index contributed by atoms with van der Waals surface area (Å²) in [6.07, 6.45) is 0.795. The molecular weight excluding hydrogens is 216 g/mol. The van der Waals surface area contributed by atoms with Crippen LogP contribution in [0.4, 0.5) is 5.69 Å². The Morgan fingerprint density at radius 1 is 1.29 bits per heavy atom. The quantitative estimate of drug-likeness (QED) is 0.784. The maximum atomic E-state index is 11.6. The first-order valence-electron chi connectivity index (χ1n) is 5.71. The van der Waals surface area contributed by atoms with Gasteiger partial charge in [0.2, 0.25) is 0 Å². The highest BCUT2D eigenvalue weighted by Gasteiger charge is 2.15. The molecule has 0 saturated carbocycles. The van der Waals surface area contributed by atoms with Crippen LogP contribution in [0.3, 0.4) is 0 Å². The molecule has 1 aromatic rings. The summed E-state index contributed by atoms with van der Waals surface area (Å²) in [5.41, 5.74) is 1.67. The van der Waals surface area contributed by atoms with Crippen LogP contribution in [0.2, 0.25) is 0 Å². The third-order valence-electron chi connectivity index (χ3n) is 2.47. The number of anilines is 1. The van der Waals surface area contributed by atoms with Crippen molar-refractivity contribution in [3.8, 4) is 0 Å². The van der Waals surface area contributed by atoms with Gasteiger partial charge in [0.1, 0.15) is 0 Å². The van der Waals surface area contributed by atoms with Crippen molar-refractivity contribution in [1.29, 1.82) is 0 Å². The van der Waals surface area contributed by atoms with Gasteiger partial charge in [-0.2, -0.15) is 0 Å². The highest BCUT2D eigenvalue weighted by molar-refractivity contribution is 6.39. The van der Waals surface area contributed by atoms with Crippen LogP contribution in [0.5, 0.6) is 0 Å². The molecule has 0 spiro atoms. The van der Waals surface area contributed by atoms with E-state index < -0.39 is 11.8 Å². The molecule has 17 heavy (non-hydrogen) atoms. The summed E-state index contributed by atoms with van der Waals surface area (Å²) in [6.45, 7) is 5.73. The van der Waals surface area contributed by atoms with Crippen molar-refractivity contribution in [2.24, 2.45) is 0 Å². The molecule has 1 atom stereocenters. The molecule has 0 aliphatic carbocycles. The Kier molecular flexibility index (Phi) is 4.69. The van der Waals surface area contributed by atoms with E-state index in [-0.39, 0.29) is 6.04 Å². The van der Waals surface area contributed by atoms with Crippen molar-refractivity contribution in [2.75, 3.05) is 5.32 Å². The second-order valence-electron chi connectivity index (χ2n) is 4.11. The third-order valence-corrected chi connectivity index (χ3v) is 2.47. The number of hydrogen-bond acceptors (Lipinski definition) is 2. The zero-order valence-electron chi connectivity index (χ0n) is 10.4. The fraction of sp³-hybridized carbons (Fsp3) is 0.385.